The minimum absolute atomic E-state index is 0.0239. The Balaban J connectivity index is 2.34. The van der Waals surface area contributed by atoms with Gasteiger partial charge in [-0.25, -0.2) is 8.42 Å². The molecule has 1 aromatic rings. The molecule has 1 fully saturated rings. The largest absolute Gasteiger partial charge is 0.395 e. The molecule has 1 aromatic carbocycles. The maximum atomic E-state index is 12.6. The van der Waals surface area contributed by atoms with Gasteiger partial charge in [-0.2, -0.15) is 4.31 Å². The highest BCUT2D eigenvalue weighted by molar-refractivity contribution is 7.89. The van der Waals surface area contributed by atoms with E-state index in [9.17, 15) is 8.42 Å². The van der Waals surface area contributed by atoms with Crippen LogP contribution in [0.4, 0.5) is 0 Å². The fourth-order valence-corrected chi connectivity index (χ4v) is 3.67. The predicted molar refractivity (Wildman–Crippen MR) is 77.6 cm³/mol. The Kier molecular flexibility index (Phi) is 4.81. The van der Waals surface area contributed by atoms with Crippen LogP contribution in [0.2, 0.25) is 0 Å². The van der Waals surface area contributed by atoms with Gasteiger partial charge >= 0.3 is 0 Å². The lowest BCUT2D eigenvalue weighted by Gasteiger charge is -2.33. The quantitative estimate of drug-likeness (QED) is 0.858. The van der Waals surface area contributed by atoms with Crippen molar-refractivity contribution in [3.05, 3.63) is 29.8 Å². The molecular weight excluding hydrogens is 274 g/mol. The van der Waals surface area contributed by atoms with Gasteiger partial charge in [-0.05, 0) is 25.0 Å². The van der Waals surface area contributed by atoms with Crippen LogP contribution in [0, 0.1) is 11.8 Å². The summed E-state index contributed by atoms with van der Waals surface area (Å²) in [4.78, 5) is 0.250. The monoisotopic (exact) mass is 293 g/mol. The number of benzene rings is 1. The third-order valence-corrected chi connectivity index (χ3v) is 5.56. The van der Waals surface area contributed by atoms with Gasteiger partial charge in [0.15, 0.2) is 0 Å². The van der Waals surface area contributed by atoms with E-state index in [0.29, 0.717) is 12.0 Å². The van der Waals surface area contributed by atoms with E-state index in [1.807, 2.05) is 0 Å². The van der Waals surface area contributed by atoms with Crippen molar-refractivity contribution in [3.8, 4) is 11.8 Å². The molecule has 0 spiro atoms. The van der Waals surface area contributed by atoms with Crippen molar-refractivity contribution in [3.63, 3.8) is 0 Å². The van der Waals surface area contributed by atoms with Crippen molar-refractivity contribution < 1.29 is 13.5 Å². The van der Waals surface area contributed by atoms with E-state index in [1.165, 1.54) is 4.31 Å². The Bertz CT molecular complexity index is 624. The molecule has 0 atom stereocenters. The van der Waals surface area contributed by atoms with Gasteiger partial charge in [0, 0.05) is 25.1 Å². The Morgan fingerprint density at radius 2 is 2.05 bits per heavy atom. The first kappa shape index (κ1) is 15.0. The van der Waals surface area contributed by atoms with Crippen LogP contribution in [-0.2, 0) is 10.0 Å². The van der Waals surface area contributed by atoms with Crippen LogP contribution in [0.3, 0.4) is 0 Å². The van der Waals surface area contributed by atoms with Gasteiger partial charge in [0.05, 0.1) is 11.5 Å². The molecule has 0 aromatic heterocycles. The van der Waals surface area contributed by atoms with Crippen molar-refractivity contribution >= 4 is 10.0 Å². The molecule has 0 unspecified atom stereocenters. The van der Waals surface area contributed by atoms with Crippen molar-refractivity contribution in [2.75, 3.05) is 13.7 Å². The second kappa shape index (κ2) is 6.40. The van der Waals surface area contributed by atoms with Gasteiger partial charge in [-0.15, -0.1) is 0 Å². The first-order valence-corrected chi connectivity index (χ1v) is 8.18. The second-order valence-corrected chi connectivity index (χ2v) is 6.84. The summed E-state index contributed by atoms with van der Waals surface area (Å²) in [7, 11) is -1.86. The van der Waals surface area contributed by atoms with Gasteiger partial charge < -0.3 is 5.11 Å². The van der Waals surface area contributed by atoms with Gasteiger partial charge in [0.2, 0.25) is 10.0 Å². The minimum atomic E-state index is -3.50. The summed E-state index contributed by atoms with van der Waals surface area (Å²) >= 11 is 0. The molecule has 1 aliphatic rings. The zero-order valence-electron chi connectivity index (χ0n) is 11.5. The maximum absolute atomic E-state index is 12.6. The van der Waals surface area contributed by atoms with Gasteiger partial charge in [0.25, 0.3) is 0 Å². The SMILES string of the molecule is CN(C1CCC1)S(=O)(=O)c1ccccc1C#CCCO. The van der Waals surface area contributed by atoms with E-state index in [4.69, 9.17) is 5.11 Å². The zero-order chi connectivity index (χ0) is 14.6. The Morgan fingerprint density at radius 3 is 2.65 bits per heavy atom. The molecule has 0 amide bonds. The first-order chi connectivity index (χ1) is 9.57. The maximum Gasteiger partial charge on any atom is 0.244 e. The minimum Gasteiger partial charge on any atom is -0.395 e. The number of hydrogen-bond donors (Lipinski definition) is 1. The van der Waals surface area contributed by atoms with Crippen molar-refractivity contribution in [2.45, 2.75) is 36.6 Å². The molecule has 4 nitrogen and oxygen atoms in total. The number of rotatable bonds is 4. The van der Waals surface area contributed by atoms with Crippen molar-refractivity contribution in [2.24, 2.45) is 0 Å². The number of sulfonamides is 1. The fraction of sp³-hybridized carbons (Fsp3) is 0.467. The number of hydrogen-bond acceptors (Lipinski definition) is 3. The highest BCUT2D eigenvalue weighted by atomic mass is 32.2. The van der Waals surface area contributed by atoms with Gasteiger partial charge in [-0.1, -0.05) is 30.4 Å². The molecule has 0 radical (unpaired) electrons. The van der Waals surface area contributed by atoms with Crippen molar-refractivity contribution in [1.29, 1.82) is 0 Å². The molecule has 0 aliphatic heterocycles. The smallest absolute Gasteiger partial charge is 0.244 e. The van der Waals surface area contributed by atoms with Crippen LogP contribution in [0.25, 0.3) is 0 Å². The normalized spacial score (nSPS) is 15.6. The summed E-state index contributed by atoms with van der Waals surface area (Å²) in [6.45, 7) is -0.0239. The molecule has 0 saturated heterocycles. The van der Waals surface area contributed by atoms with E-state index in [2.05, 4.69) is 11.8 Å². The molecule has 20 heavy (non-hydrogen) atoms. The van der Waals surface area contributed by atoms with E-state index in [1.54, 1.807) is 31.3 Å². The molecule has 1 N–H and O–H groups in total. The molecular formula is C15H19NO3S. The molecule has 1 aliphatic carbocycles. The Labute approximate surface area is 120 Å². The molecule has 108 valence electrons. The molecule has 1 saturated carbocycles. The van der Waals surface area contributed by atoms with Crippen LogP contribution in [0.1, 0.15) is 31.2 Å². The summed E-state index contributed by atoms with van der Waals surface area (Å²) < 4.78 is 26.7. The summed E-state index contributed by atoms with van der Waals surface area (Å²) in [5.41, 5.74) is 0.493. The topological polar surface area (TPSA) is 57.6 Å². The van der Waals surface area contributed by atoms with Gasteiger partial charge in [-0.3, -0.25) is 0 Å². The fourth-order valence-electron chi connectivity index (χ4n) is 2.11. The van der Waals surface area contributed by atoms with Crippen LogP contribution in [-0.4, -0.2) is 37.5 Å². The summed E-state index contributed by atoms with van der Waals surface area (Å²) in [6.07, 6.45) is 3.28. The lowest BCUT2D eigenvalue weighted by Crippen LogP contribution is -2.41. The lowest BCUT2D eigenvalue weighted by molar-refractivity contribution is 0.249. The summed E-state index contributed by atoms with van der Waals surface area (Å²) in [5, 5.41) is 8.74. The van der Waals surface area contributed by atoms with E-state index in [0.717, 1.165) is 19.3 Å². The number of nitrogens with zero attached hydrogens (tertiary/aromatic N) is 1. The van der Waals surface area contributed by atoms with Gasteiger partial charge in [0.1, 0.15) is 0 Å². The number of aliphatic hydroxyl groups excluding tert-OH is 1. The molecule has 5 heteroatoms. The van der Waals surface area contributed by atoms with E-state index in [-0.39, 0.29) is 17.5 Å². The number of aliphatic hydroxyl groups is 1. The van der Waals surface area contributed by atoms with Crippen LogP contribution in [0.5, 0.6) is 0 Å². The van der Waals surface area contributed by atoms with Crippen molar-refractivity contribution in [1.82, 2.24) is 4.31 Å². The molecule has 0 bridgehead atoms. The standard InChI is InChI=1S/C15H19NO3S/c1-16(14-9-6-10-14)20(18,19)15-11-3-2-7-13(15)8-4-5-12-17/h2-3,7,11,14,17H,5-6,9-10,12H2,1H3. The van der Waals surface area contributed by atoms with Crippen LogP contribution >= 0.6 is 0 Å². The Hall–Kier alpha value is -1.35. The lowest BCUT2D eigenvalue weighted by atomic mass is 9.94. The highest BCUT2D eigenvalue weighted by Gasteiger charge is 2.32. The summed E-state index contributed by atoms with van der Waals surface area (Å²) in [6, 6.07) is 6.88. The van der Waals surface area contributed by atoms with E-state index >= 15 is 0 Å². The molecule has 2 rings (SSSR count). The third-order valence-electron chi connectivity index (χ3n) is 3.59. The predicted octanol–water partition coefficient (Wildman–Crippen LogP) is 1.59. The summed E-state index contributed by atoms with van der Waals surface area (Å²) in [5.74, 6) is 5.61. The molecule has 0 heterocycles. The van der Waals surface area contributed by atoms with E-state index < -0.39 is 10.0 Å². The average molecular weight is 293 g/mol. The first-order valence-electron chi connectivity index (χ1n) is 6.74. The second-order valence-electron chi connectivity index (χ2n) is 4.88. The average Bonchev–Trinajstić information content (AvgIpc) is 2.37. The Morgan fingerprint density at radius 1 is 1.35 bits per heavy atom. The zero-order valence-corrected chi connectivity index (χ0v) is 12.4. The van der Waals surface area contributed by atoms with Crippen LogP contribution < -0.4 is 0 Å². The highest BCUT2D eigenvalue weighted by Crippen LogP contribution is 2.29. The third kappa shape index (κ3) is 3.04. The van der Waals surface area contributed by atoms with Crippen LogP contribution in [0.15, 0.2) is 29.2 Å².